The molecule has 0 aliphatic rings. The largest absolute Gasteiger partial charge is 0.484 e. The van der Waals surface area contributed by atoms with E-state index in [-0.39, 0.29) is 19.1 Å². The number of hydrogen-bond donors (Lipinski definition) is 1. The Morgan fingerprint density at radius 3 is 2.31 bits per heavy atom. The first kappa shape index (κ1) is 24.0. The maximum atomic E-state index is 12.3. The SMILES string of the molecule is CSc1ccccc1NC(=O)COc1ccc(N(Cc2ccc(Cl)cc2)S(C)(=O)=O)cc1. The van der Waals surface area contributed by atoms with Crippen LogP contribution in [0, 0.1) is 0 Å². The molecule has 0 atom stereocenters. The lowest BCUT2D eigenvalue weighted by molar-refractivity contribution is -0.118. The number of halogens is 1. The van der Waals surface area contributed by atoms with Gasteiger partial charge in [0.25, 0.3) is 5.91 Å². The quantitative estimate of drug-likeness (QED) is 0.425. The fourth-order valence-electron chi connectivity index (χ4n) is 2.95. The number of carbonyl (C=O) groups excluding carboxylic acids is 1. The second kappa shape index (κ2) is 10.8. The highest BCUT2D eigenvalue weighted by Gasteiger charge is 2.18. The number of benzene rings is 3. The molecule has 0 saturated heterocycles. The van der Waals surface area contributed by atoms with Gasteiger partial charge in [0.2, 0.25) is 10.0 Å². The second-order valence-electron chi connectivity index (χ2n) is 6.93. The maximum absolute atomic E-state index is 12.3. The van der Waals surface area contributed by atoms with Gasteiger partial charge in [-0.2, -0.15) is 0 Å². The molecule has 3 aromatic carbocycles. The predicted octanol–water partition coefficient (Wildman–Crippen LogP) is 5.05. The van der Waals surface area contributed by atoms with E-state index in [0.29, 0.717) is 16.5 Å². The monoisotopic (exact) mass is 490 g/mol. The summed E-state index contributed by atoms with van der Waals surface area (Å²) in [4.78, 5) is 13.2. The first-order valence-electron chi connectivity index (χ1n) is 9.64. The smallest absolute Gasteiger partial charge is 0.262 e. The highest BCUT2D eigenvalue weighted by molar-refractivity contribution is 7.98. The van der Waals surface area contributed by atoms with Gasteiger partial charge in [-0.1, -0.05) is 35.9 Å². The number of nitrogens with zero attached hydrogens (tertiary/aromatic N) is 1. The van der Waals surface area contributed by atoms with Gasteiger partial charge >= 0.3 is 0 Å². The number of hydrogen-bond acceptors (Lipinski definition) is 5. The number of nitrogens with one attached hydrogen (secondary N) is 1. The lowest BCUT2D eigenvalue weighted by Crippen LogP contribution is -2.29. The Hall–Kier alpha value is -2.68. The molecule has 3 aromatic rings. The Bertz CT molecular complexity index is 1170. The minimum Gasteiger partial charge on any atom is -0.484 e. The minimum atomic E-state index is -3.51. The van der Waals surface area contributed by atoms with Gasteiger partial charge < -0.3 is 10.1 Å². The number of anilines is 2. The molecule has 3 rings (SSSR count). The Kier molecular flexibility index (Phi) is 8.06. The van der Waals surface area contributed by atoms with Crippen molar-refractivity contribution in [3.8, 4) is 5.75 Å². The third kappa shape index (κ3) is 6.66. The van der Waals surface area contributed by atoms with Crippen LogP contribution in [0.5, 0.6) is 5.75 Å². The van der Waals surface area contributed by atoms with Crippen LogP contribution in [-0.4, -0.2) is 33.4 Å². The van der Waals surface area contributed by atoms with Crippen molar-refractivity contribution >= 4 is 50.7 Å². The van der Waals surface area contributed by atoms with Gasteiger partial charge in [0, 0.05) is 9.92 Å². The van der Waals surface area contributed by atoms with Crippen LogP contribution < -0.4 is 14.4 Å². The van der Waals surface area contributed by atoms with Crippen LogP contribution in [0.3, 0.4) is 0 Å². The van der Waals surface area contributed by atoms with E-state index in [9.17, 15) is 13.2 Å². The highest BCUT2D eigenvalue weighted by Crippen LogP contribution is 2.26. The maximum Gasteiger partial charge on any atom is 0.262 e. The van der Waals surface area contributed by atoms with Crippen molar-refractivity contribution < 1.29 is 17.9 Å². The molecule has 168 valence electrons. The fourth-order valence-corrected chi connectivity index (χ4v) is 4.52. The van der Waals surface area contributed by atoms with E-state index in [1.54, 1.807) is 60.3 Å². The van der Waals surface area contributed by atoms with Crippen LogP contribution in [0.2, 0.25) is 5.02 Å². The summed E-state index contributed by atoms with van der Waals surface area (Å²) in [5.41, 5.74) is 2.03. The van der Waals surface area contributed by atoms with Crippen molar-refractivity contribution in [2.24, 2.45) is 0 Å². The molecule has 1 amide bonds. The summed E-state index contributed by atoms with van der Waals surface area (Å²) in [5.74, 6) is 0.179. The number of thioether (sulfide) groups is 1. The van der Waals surface area contributed by atoms with Crippen LogP contribution in [-0.2, 0) is 21.4 Å². The number of sulfonamides is 1. The molecule has 9 heteroatoms. The van der Waals surface area contributed by atoms with Gasteiger partial charge in [0.05, 0.1) is 24.2 Å². The van der Waals surface area contributed by atoms with E-state index >= 15 is 0 Å². The number of ether oxygens (including phenoxy) is 1. The highest BCUT2D eigenvalue weighted by atomic mass is 35.5. The standard InChI is InChI=1S/C23H23ClN2O4S2/c1-31-22-6-4-3-5-21(22)25-23(27)16-30-20-13-11-19(12-14-20)26(32(2,28)29)15-17-7-9-18(24)10-8-17/h3-14H,15-16H2,1-2H3,(H,25,27). The molecular formula is C23H23ClN2O4S2. The summed E-state index contributed by atoms with van der Waals surface area (Å²) < 4.78 is 31.5. The lowest BCUT2D eigenvalue weighted by atomic mass is 10.2. The molecule has 1 N–H and O–H groups in total. The predicted molar refractivity (Wildman–Crippen MR) is 131 cm³/mol. The molecular weight excluding hydrogens is 468 g/mol. The number of para-hydroxylation sites is 1. The average molecular weight is 491 g/mol. The zero-order valence-corrected chi connectivity index (χ0v) is 20.0. The average Bonchev–Trinajstić information content (AvgIpc) is 2.77. The van der Waals surface area contributed by atoms with Gasteiger partial charge in [-0.25, -0.2) is 8.42 Å². The normalized spacial score (nSPS) is 11.1. The second-order valence-corrected chi connectivity index (χ2v) is 10.1. The van der Waals surface area contributed by atoms with Crippen molar-refractivity contribution in [2.45, 2.75) is 11.4 Å². The van der Waals surface area contributed by atoms with E-state index in [4.69, 9.17) is 16.3 Å². The molecule has 0 saturated carbocycles. The summed E-state index contributed by atoms with van der Waals surface area (Å²) in [6, 6.07) is 21.1. The Balaban J connectivity index is 1.64. The molecule has 32 heavy (non-hydrogen) atoms. The van der Waals surface area contributed by atoms with Crippen molar-refractivity contribution in [3.63, 3.8) is 0 Å². The Labute approximate surface area is 197 Å². The molecule has 0 aliphatic heterocycles. The van der Waals surface area contributed by atoms with Crippen LogP contribution in [0.4, 0.5) is 11.4 Å². The van der Waals surface area contributed by atoms with E-state index < -0.39 is 10.0 Å². The molecule has 0 aromatic heterocycles. The van der Waals surface area contributed by atoms with Gasteiger partial charge in [0.15, 0.2) is 6.61 Å². The zero-order valence-electron chi connectivity index (χ0n) is 17.6. The molecule has 0 unspecified atom stereocenters. The minimum absolute atomic E-state index is 0.164. The summed E-state index contributed by atoms with van der Waals surface area (Å²) in [5, 5.41) is 3.42. The number of rotatable bonds is 9. The van der Waals surface area contributed by atoms with E-state index in [1.165, 1.54) is 4.31 Å². The molecule has 0 spiro atoms. The third-order valence-electron chi connectivity index (χ3n) is 4.52. The van der Waals surface area contributed by atoms with Gasteiger partial charge in [-0.15, -0.1) is 11.8 Å². The molecule has 0 fully saturated rings. The topological polar surface area (TPSA) is 75.7 Å². The van der Waals surface area contributed by atoms with Gasteiger partial charge in [-0.3, -0.25) is 9.10 Å². The van der Waals surface area contributed by atoms with Gasteiger partial charge in [0.1, 0.15) is 5.75 Å². The van der Waals surface area contributed by atoms with Crippen LogP contribution >= 0.6 is 23.4 Å². The summed E-state index contributed by atoms with van der Waals surface area (Å²) in [6.07, 6.45) is 3.10. The van der Waals surface area contributed by atoms with Crippen LogP contribution in [0.25, 0.3) is 0 Å². The van der Waals surface area contributed by atoms with Crippen molar-refractivity contribution in [2.75, 3.05) is 28.7 Å². The molecule has 6 nitrogen and oxygen atoms in total. The van der Waals surface area contributed by atoms with E-state index in [1.807, 2.05) is 30.5 Å². The van der Waals surface area contributed by atoms with Gasteiger partial charge in [-0.05, 0) is 60.4 Å². The summed E-state index contributed by atoms with van der Waals surface area (Å²) >= 11 is 7.45. The lowest BCUT2D eigenvalue weighted by Gasteiger charge is -2.23. The Morgan fingerprint density at radius 1 is 1.03 bits per heavy atom. The van der Waals surface area contributed by atoms with Crippen molar-refractivity contribution in [1.82, 2.24) is 0 Å². The zero-order chi connectivity index (χ0) is 23.1. The number of amides is 1. The first-order chi connectivity index (χ1) is 15.3. The first-order valence-corrected chi connectivity index (χ1v) is 13.1. The molecule has 0 heterocycles. The molecule has 0 aliphatic carbocycles. The molecule has 0 radical (unpaired) electrons. The molecule has 0 bridgehead atoms. The summed E-state index contributed by atoms with van der Waals surface area (Å²) in [6.45, 7) is 0.0100. The number of carbonyl (C=O) groups is 1. The fraction of sp³-hybridized carbons (Fsp3) is 0.174. The van der Waals surface area contributed by atoms with Crippen LogP contribution in [0.1, 0.15) is 5.56 Å². The Morgan fingerprint density at radius 2 is 1.69 bits per heavy atom. The van der Waals surface area contributed by atoms with E-state index in [2.05, 4.69) is 5.32 Å². The van der Waals surface area contributed by atoms with Crippen molar-refractivity contribution in [3.05, 3.63) is 83.4 Å². The third-order valence-corrected chi connectivity index (χ3v) is 6.70. The van der Waals surface area contributed by atoms with E-state index in [0.717, 1.165) is 22.4 Å². The van der Waals surface area contributed by atoms with Crippen LogP contribution in [0.15, 0.2) is 77.7 Å². The summed E-state index contributed by atoms with van der Waals surface area (Å²) in [7, 11) is -3.51. The van der Waals surface area contributed by atoms with Crippen molar-refractivity contribution in [1.29, 1.82) is 0 Å².